The Balaban J connectivity index is 1.76. The van der Waals surface area contributed by atoms with Crippen molar-refractivity contribution in [3.8, 4) is 5.75 Å². The molecule has 0 bridgehead atoms. The van der Waals surface area contributed by atoms with Crippen LogP contribution in [0.2, 0.25) is 0 Å². The monoisotopic (exact) mass is 418 g/mol. The third-order valence-electron chi connectivity index (χ3n) is 3.30. The molecule has 1 aromatic heterocycles. The molecule has 0 saturated heterocycles. The number of amides is 1. The van der Waals surface area contributed by atoms with E-state index in [9.17, 15) is 13.6 Å². The van der Waals surface area contributed by atoms with Gasteiger partial charge in [-0.2, -0.15) is 8.78 Å². The summed E-state index contributed by atoms with van der Waals surface area (Å²) in [6.07, 6.45) is 0. The standard InChI is InChI=1S/C16H20F2N4O3S2/c1-22(9-11-3-5-12(6-4-11)25-14(17)18)13(23)10-26-16-21-20-15(27-16)19-7-8-24-2/h3-6,14H,7-10H2,1-2H3,(H,19,20). The van der Waals surface area contributed by atoms with Gasteiger partial charge in [-0.1, -0.05) is 35.2 Å². The van der Waals surface area contributed by atoms with Crippen LogP contribution in [0.4, 0.5) is 13.9 Å². The van der Waals surface area contributed by atoms with Crippen molar-refractivity contribution in [3.05, 3.63) is 29.8 Å². The highest BCUT2D eigenvalue weighted by atomic mass is 32.2. The molecule has 0 atom stereocenters. The fraction of sp³-hybridized carbons (Fsp3) is 0.438. The Labute approximate surface area is 164 Å². The van der Waals surface area contributed by atoms with Crippen molar-refractivity contribution in [2.24, 2.45) is 0 Å². The number of ether oxygens (including phenoxy) is 2. The predicted octanol–water partition coefficient (Wildman–Crippen LogP) is 2.95. The van der Waals surface area contributed by atoms with Crippen LogP contribution in [-0.2, 0) is 16.1 Å². The van der Waals surface area contributed by atoms with Crippen molar-refractivity contribution in [2.45, 2.75) is 17.5 Å². The molecule has 7 nitrogen and oxygen atoms in total. The Morgan fingerprint density at radius 3 is 2.74 bits per heavy atom. The summed E-state index contributed by atoms with van der Waals surface area (Å²) in [5.74, 6) is 0.247. The van der Waals surface area contributed by atoms with Crippen molar-refractivity contribution >= 4 is 34.1 Å². The number of halogens is 2. The number of thioether (sulfide) groups is 1. The van der Waals surface area contributed by atoms with Gasteiger partial charge in [-0.05, 0) is 17.7 Å². The first-order valence-electron chi connectivity index (χ1n) is 7.94. The molecule has 0 fully saturated rings. The normalized spacial score (nSPS) is 10.9. The van der Waals surface area contributed by atoms with Crippen LogP contribution in [0.1, 0.15) is 5.56 Å². The first-order valence-corrected chi connectivity index (χ1v) is 9.75. The number of rotatable bonds is 11. The van der Waals surface area contributed by atoms with Crippen molar-refractivity contribution in [2.75, 3.05) is 38.4 Å². The summed E-state index contributed by atoms with van der Waals surface area (Å²) >= 11 is 2.69. The van der Waals surface area contributed by atoms with E-state index in [2.05, 4.69) is 20.3 Å². The van der Waals surface area contributed by atoms with Gasteiger partial charge in [0.2, 0.25) is 11.0 Å². The highest BCUT2D eigenvalue weighted by Crippen LogP contribution is 2.25. The lowest BCUT2D eigenvalue weighted by atomic mass is 10.2. The molecule has 2 aromatic rings. The first-order chi connectivity index (χ1) is 13.0. The summed E-state index contributed by atoms with van der Waals surface area (Å²) in [6.45, 7) is -1.28. The van der Waals surface area contributed by atoms with Crippen LogP contribution in [0.3, 0.4) is 0 Å². The minimum absolute atomic E-state index is 0.0722. The molecule has 0 aliphatic rings. The van der Waals surface area contributed by atoms with Crippen LogP contribution in [0.5, 0.6) is 5.75 Å². The number of hydrogen-bond donors (Lipinski definition) is 1. The Bertz CT molecular complexity index is 716. The molecule has 148 valence electrons. The number of benzene rings is 1. The number of aromatic nitrogens is 2. The van der Waals surface area contributed by atoms with Gasteiger partial charge >= 0.3 is 6.61 Å². The Kier molecular flexibility index (Phi) is 8.69. The second-order valence-corrected chi connectivity index (χ2v) is 7.55. The Hall–Kier alpha value is -1.98. The molecule has 0 saturated carbocycles. The third kappa shape index (κ3) is 7.65. The Morgan fingerprint density at radius 1 is 1.33 bits per heavy atom. The van der Waals surface area contributed by atoms with E-state index in [-0.39, 0.29) is 17.4 Å². The molecule has 0 radical (unpaired) electrons. The van der Waals surface area contributed by atoms with E-state index in [4.69, 9.17) is 4.74 Å². The number of carbonyl (C=O) groups is 1. The summed E-state index contributed by atoms with van der Waals surface area (Å²) < 4.78 is 34.2. The maximum Gasteiger partial charge on any atom is 0.387 e. The number of alkyl halides is 2. The fourth-order valence-electron chi connectivity index (χ4n) is 1.97. The maximum absolute atomic E-state index is 12.3. The number of methoxy groups -OCH3 is 1. The maximum atomic E-state index is 12.3. The lowest BCUT2D eigenvalue weighted by Crippen LogP contribution is -2.27. The average Bonchev–Trinajstić information content (AvgIpc) is 3.09. The zero-order valence-corrected chi connectivity index (χ0v) is 16.5. The summed E-state index contributed by atoms with van der Waals surface area (Å²) in [5.41, 5.74) is 0.818. The highest BCUT2D eigenvalue weighted by Gasteiger charge is 2.13. The van der Waals surface area contributed by atoms with E-state index in [0.29, 0.717) is 29.2 Å². The van der Waals surface area contributed by atoms with E-state index < -0.39 is 6.61 Å². The van der Waals surface area contributed by atoms with Gasteiger partial charge in [-0.15, -0.1) is 10.2 Å². The molecular formula is C16H20F2N4O3S2. The summed E-state index contributed by atoms with van der Waals surface area (Å²) in [6, 6.07) is 6.20. The van der Waals surface area contributed by atoms with Crippen molar-refractivity contribution < 1.29 is 23.0 Å². The summed E-state index contributed by atoms with van der Waals surface area (Å²) in [7, 11) is 3.31. The molecule has 0 aliphatic carbocycles. The van der Waals surface area contributed by atoms with Gasteiger partial charge in [-0.3, -0.25) is 4.79 Å². The molecule has 2 rings (SSSR count). The zero-order valence-electron chi connectivity index (χ0n) is 14.9. The van der Waals surface area contributed by atoms with E-state index in [1.165, 1.54) is 35.2 Å². The van der Waals surface area contributed by atoms with Crippen molar-refractivity contribution in [1.29, 1.82) is 0 Å². The molecule has 11 heteroatoms. The predicted molar refractivity (Wildman–Crippen MR) is 101 cm³/mol. The van der Waals surface area contributed by atoms with Gasteiger partial charge in [0, 0.05) is 27.2 Å². The second kappa shape index (κ2) is 11.0. The van der Waals surface area contributed by atoms with Gasteiger partial charge in [0.05, 0.1) is 12.4 Å². The molecule has 0 unspecified atom stereocenters. The lowest BCUT2D eigenvalue weighted by Gasteiger charge is -2.17. The SMILES string of the molecule is COCCNc1nnc(SCC(=O)N(C)Cc2ccc(OC(F)F)cc2)s1. The molecular weight excluding hydrogens is 398 g/mol. The third-order valence-corrected chi connectivity index (χ3v) is 5.30. The van der Waals surface area contributed by atoms with Crippen LogP contribution in [0, 0.1) is 0 Å². The number of hydrogen-bond acceptors (Lipinski definition) is 8. The van der Waals surface area contributed by atoms with Gasteiger partial charge in [0.1, 0.15) is 5.75 Å². The van der Waals surface area contributed by atoms with Gasteiger partial charge in [0.25, 0.3) is 0 Å². The first kappa shape index (κ1) is 21.3. The number of carbonyl (C=O) groups excluding carboxylic acids is 1. The Morgan fingerprint density at radius 2 is 2.07 bits per heavy atom. The number of nitrogens with one attached hydrogen (secondary N) is 1. The molecule has 1 aromatic carbocycles. The minimum atomic E-state index is -2.85. The van der Waals surface area contributed by atoms with Gasteiger partial charge in [0.15, 0.2) is 4.34 Å². The second-order valence-electron chi connectivity index (χ2n) is 5.35. The molecule has 0 spiro atoms. The van der Waals surface area contributed by atoms with E-state index in [1.807, 2.05) is 0 Å². The number of nitrogens with zero attached hydrogens (tertiary/aromatic N) is 3. The van der Waals surface area contributed by atoms with Crippen molar-refractivity contribution in [3.63, 3.8) is 0 Å². The van der Waals surface area contributed by atoms with Crippen LogP contribution >= 0.6 is 23.1 Å². The smallest absolute Gasteiger partial charge is 0.387 e. The largest absolute Gasteiger partial charge is 0.435 e. The molecule has 0 aliphatic heterocycles. The molecule has 1 N–H and O–H groups in total. The van der Waals surface area contributed by atoms with Crippen LogP contribution in [0.15, 0.2) is 28.6 Å². The van der Waals surface area contributed by atoms with Crippen molar-refractivity contribution in [1.82, 2.24) is 15.1 Å². The lowest BCUT2D eigenvalue weighted by molar-refractivity contribution is -0.127. The quantitative estimate of drug-likeness (QED) is 0.444. The summed E-state index contributed by atoms with van der Waals surface area (Å²) in [5, 5.41) is 11.8. The van der Waals surface area contributed by atoms with Gasteiger partial charge < -0.3 is 19.7 Å². The zero-order chi connectivity index (χ0) is 19.6. The minimum Gasteiger partial charge on any atom is -0.435 e. The molecule has 1 amide bonds. The fourth-order valence-corrected chi connectivity index (χ4v) is 3.69. The van der Waals surface area contributed by atoms with Crippen LogP contribution < -0.4 is 10.1 Å². The highest BCUT2D eigenvalue weighted by molar-refractivity contribution is 8.01. The molecule has 27 heavy (non-hydrogen) atoms. The number of anilines is 1. The molecule has 1 heterocycles. The van der Waals surface area contributed by atoms with E-state index in [1.54, 1.807) is 31.2 Å². The topological polar surface area (TPSA) is 76.6 Å². The van der Waals surface area contributed by atoms with E-state index >= 15 is 0 Å². The van der Waals surface area contributed by atoms with Crippen LogP contribution in [0.25, 0.3) is 0 Å². The van der Waals surface area contributed by atoms with Crippen LogP contribution in [-0.4, -0.2) is 60.7 Å². The van der Waals surface area contributed by atoms with Gasteiger partial charge in [-0.25, -0.2) is 0 Å². The summed E-state index contributed by atoms with van der Waals surface area (Å²) in [4.78, 5) is 13.8. The van der Waals surface area contributed by atoms with E-state index in [0.717, 1.165) is 5.56 Å². The average molecular weight is 418 g/mol.